The van der Waals surface area contributed by atoms with Crippen molar-refractivity contribution in [2.45, 2.75) is 0 Å². The minimum Gasteiger partial charge on any atom is -0.378 e. The van der Waals surface area contributed by atoms with Gasteiger partial charge in [-0.05, 0) is 49.2 Å². The maximum Gasteiger partial charge on any atom is 0.108 e. The fraction of sp³-hybridized carbons (Fsp3) is 0.290. The van der Waals surface area contributed by atoms with Crippen LogP contribution in [0.1, 0.15) is 5.56 Å². The minimum atomic E-state index is 0.365. The lowest BCUT2D eigenvalue weighted by Crippen LogP contribution is -2.14. The first-order chi connectivity index (χ1) is 17.9. The van der Waals surface area contributed by atoms with Gasteiger partial charge in [0.2, 0.25) is 0 Å². The molecule has 0 spiro atoms. The normalized spacial score (nSPS) is 11.6. The third kappa shape index (κ3) is 5.29. The minimum absolute atomic E-state index is 0.365. The van der Waals surface area contributed by atoms with Gasteiger partial charge in [0, 0.05) is 12.1 Å². The summed E-state index contributed by atoms with van der Waals surface area (Å²) >= 11 is 0. The molecule has 5 aromatic carbocycles. The van der Waals surface area contributed by atoms with Crippen molar-refractivity contribution in [2.24, 2.45) is 5.73 Å². The van der Waals surface area contributed by atoms with Crippen LogP contribution in [0, 0.1) is 11.8 Å². The first kappa shape index (κ1) is 24.5. The molecule has 184 valence electrons. The van der Waals surface area contributed by atoms with Crippen LogP contribution in [-0.4, -0.2) is 59.4 Å². The van der Waals surface area contributed by atoms with E-state index in [9.17, 15) is 0 Å². The highest BCUT2D eigenvalue weighted by Gasteiger charge is 2.13. The summed E-state index contributed by atoms with van der Waals surface area (Å²) in [5.41, 5.74) is 6.38. The Morgan fingerprint density at radius 3 is 1.72 bits per heavy atom. The van der Waals surface area contributed by atoms with Crippen molar-refractivity contribution in [3.8, 4) is 11.8 Å². The second kappa shape index (κ2) is 12.1. The number of rotatable bonds is 12. The molecule has 5 rings (SSSR count). The molecule has 0 aromatic heterocycles. The lowest BCUT2D eigenvalue weighted by atomic mass is 9.88. The van der Waals surface area contributed by atoms with E-state index in [-0.39, 0.29) is 0 Å². The molecule has 0 aliphatic heterocycles. The van der Waals surface area contributed by atoms with Gasteiger partial charge in [0.1, 0.15) is 6.61 Å². The SMILES string of the molecule is NCCOCCOCCOCCOCC#Cc1ccc2c3cccc4cccc(c5cccc1c52)c43. The van der Waals surface area contributed by atoms with Gasteiger partial charge < -0.3 is 24.7 Å². The van der Waals surface area contributed by atoms with Crippen LogP contribution in [0.2, 0.25) is 0 Å². The molecule has 0 unspecified atom stereocenters. The number of ether oxygens (including phenoxy) is 4. The third-order valence-corrected chi connectivity index (χ3v) is 6.30. The van der Waals surface area contributed by atoms with E-state index in [1.165, 1.54) is 43.1 Å². The lowest BCUT2D eigenvalue weighted by molar-refractivity contribution is 0.00223. The van der Waals surface area contributed by atoms with E-state index in [0.717, 1.165) is 5.56 Å². The monoisotopic (exact) mass is 481 g/mol. The van der Waals surface area contributed by atoms with Crippen molar-refractivity contribution in [3.63, 3.8) is 0 Å². The predicted octanol–water partition coefficient (Wildman–Crippen LogP) is 5.11. The quantitative estimate of drug-likeness (QED) is 0.116. The van der Waals surface area contributed by atoms with Crippen molar-refractivity contribution in [1.29, 1.82) is 0 Å². The summed E-state index contributed by atoms with van der Waals surface area (Å²) in [5.74, 6) is 6.49. The smallest absolute Gasteiger partial charge is 0.108 e. The van der Waals surface area contributed by atoms with Crippen molar-refractivity contribution in [2.75, 3.05) is 59.4 Å². The fourth-order valence-corrected chi connectivity index (χ4v) is 4.75. The van der Waals surface area contributed by atoms with Crippen molar-refractivity contribution in [1.82, 2.24) is 0 Å². The van der Waals surface area contributed by atoms with Gasteiger partial charge in [0.05, 0.1) is 46.2 Å². The summed E-state index contributed by atoms with van der Waals surface area (Å²) in [6, 6.07) is 24.0. The van der Waals surface area contributed by atoms with Gasteiger partial charge in [-0.15, -0.1) is 0 Å². The Balaban J connectivity index is 1.19. The van der Waals surface area contributed by atoms with Gasteiger partial charge in [-0.25, -0.2) is 0 Å². The van der Waals surface area contributed by atoms with E-state index in [0.29, 0.717) is 59.4 Å². The highest BCUT2D eigenvalue weighted by Crippen LogP contribution is 2.40. The maximum atomic E-state index is 5.63. The summed E-state index contributed by atoms with van der Waals surface area (Å²) in [7, 11) is 0. The molecule has 0 saturated carbocycles. The molecule has 2 N–H and O–H groups in total. The average molecular weight is 482 g/mol. The molecule has 5 aromatic rings. The zero-order chi connectivity index (χ0) is 24.6. The van der Waals surface area contributed by atoms with Crippen LogP contribution in [0.4, 0.5) is 0 Å². The predicted molar refractivity (Wildman–Crippen MR) is 147 cm³/mol. The van der Waals surface area contributed by atoms with Gasteiger partial charge in [-0.1, -0.05) is 72.5 Å². The standard InChI is InChI=1S/C31H31NO4/c32-14-16-34-18-20-36-22-21-35-19-17-33-15-4-7-23-12-13-29-27-10-2-6-24-5-1-9-26(30(24)27)28-11-3-8-25(23)31(28)29/h1-3,5-6,8-13H,14-22,32H2. The molecule has 0 radical (unpaired) electrons. The number of nitrogens with two attached hydrogens (primary N) is 1. The highest BCUT2D eigenvalue weighted by molar-refractivity contribution is 6.33. The summed E-state index contributed by atoms with van der Waals surface area (Å²) in [4.78, 5) is 0. The van der Waals surface area contributed by atoms with E-state index in [4.69, 9.17) is 24.7 Å². The number of hydrogen-bond acceptors (Lipinski definition) is 5. The third-order valence-electron chi connectivity index (χ3n) is 6.30. The lowest BCUT2D eigenvalue weighted by Gasteiger charge is -2.14. The molecule has 0 fully saturated rings. The topological polar surface area (TPSA) is 62.9 Å². The Labute approximate surface area is 211 Å². The zero-order valence-electron chi connectivity index (χ0n) is 20.4. The van der Waals surface area contributed by atoms with Crippen LogP contribution in [-0.2, 0) is 18.9 Å². The number of hydrogen-bond donors (Lipinski definition) is 1. The number of fused-ring (bicyclic) bond motifs is 2. The molecule has 0 aliphatic carbocycles. The van der Waals surface area contributed by atoms with E-state index in [2.05, 4.69) is 78.6 Å². The fourth-order valence-electron chi connectivity index (χ4n) is 4.75. The van der Waals surface area contributed by atoms with Crippen LogP contribution in [0.25, 0.3) is 43.1 Å². The molecule has 0 bridgehead atoms. The second-order valence-corrected chi connectivity index (χ2v) is 8.58. The summed E-state index contributed by atoms with van der Waals surface area (Å²) in [6.07, 6.45) is 0. The van der Waals surface area contributed by atoms with E-state index in [1.807, 2.05) is 0 Å². The molecular weight excluding hydrogens is 450 g/mol. The van der Waals surface area contributed by atoms with Crippen LogP contribution in [0.5, 0.6) is 0 Å². The Morgan fingerprint density at radius 1 is 0.528 bits per heavy atom. The summed E-state index contributed by atoms with van der Waals surface area (Å²) in [6.45, 7) is 4.65. The van der Waals surface area contributed by atoms with Crippen LogP contribution in [0.3, 0.4) is 0 Å². The van der Waals surface area contributed by atoms with Gasteiger partial charge in [0.25, 0.3) is 0 Å². The van der Waals surface area contributed by atoms with Gasteiger partial charge in [0.15, 0.2) is 0 Å². The summed E-state index contributed by atoms with van der Waals surface area (Å²) in [5, 5.41) is 10.2. The molecule has 36 heavy (non-hydrogen) atoms. The highest BCUT2D eigenvalue weighted by atomic mass is 16.6. The van der Waals surface area contributed by atoms with Crippen LogP contribution in [0.15, 0.2) is 66.7 Å². The van der Waals surface area contributed by atoms with E-state index < -0.39 is 0 Å². The Kier molecular flexibility index (Phi) is 8.24. The Bertz CT molecular complexity index is 1450. The maximum absolute atomic E-state index is 5.63. The van der Waals surface area contributed by atoms with Gasteiger partial charge in [-0.3, -0.25) is 0 Å². The molecule has 5 nitrogen and oxygen atoms in total. The molecule has 0 aliphatic rings. The van der Waals surface area contributed by atoms with Gasteiger partial charge in [-0.2, -0.15) is 0 Å². The summed E-state index contributed by atoms with van der Waals surface area (Å²) < 4.78 is 21.8. The van der Waals surface area contributed by atoms with E-state index >= 15 is 0 Å². The molecule has 0 saturated heterocycles. The molecular formula is C31H31NO4. The van der Waals surface area contributed by atoms with Crippen molar-refractivity contribution >= 4 is 43.1 Å². The molecule has 0 heterocycles. The van der Waals surface area contributed by atoms with Crippen LogP contribution < -0.4 is 5.73 Å². The van der Waals surface area contributed by atoms with Gasteiger partial charge >= 0.3 is 0 Å². The zero-order valence-corrected chi connectivity index (χ0v) is 20.4. The molecule has 5 heteroatoms. The number of benzene rings is 5. The van der Waals surface area contributed by atoms with Crippen molar-refractivity contribution < 1.29 is 18.9 Å². The first-order valence-corrected chi connectivity index (χ1v) is 12.5. The van der Waals surface area contributed by atoms with E-state index in [1.54, 1.807) is 0 Å². The molecule has 0 amide bonds. The van der Waals surface area contributed by atoms with Crippen molar-refractivity contribution in [3.05, 3.63) is 72.3 Å². The van der Waals surface area contributed by atoms with Crippen LogP contribution >= 0.6 is 0 Å². The molecule has 0 atom stereocenters. The first-order valence-electron chi connectivity index (χ1n) is 12.5. The average Bonchev–Trinajstić information content (AvgIpc) is 2.92. The Hall–Kier alpha value is -3.24. The largest absolute Gasteiger partial charge is 0.378 e. The Morgan fingerprint density at radius 2 is 1.06 bits per heavy atom. The second-order valence-electron chi connectivity index (χ2n) is 8.58.